The Kier molecular flexibility index (Phi) is 5.54. The van der Waals surface area contributed by atoms with Crippen LogP contribution in [0.1, 0.15) is 0 Å². The molecule has 0 fully saturated rings. The minimum absolute atomic E-state index is 0.649. The highest BCUT2D eigenvalue weighted by atomic mass is 15.0. The summed E-state index contributed by atoms with van der Waals surface area (Å²) >= 11 is 0. The van der Waals surface area contributed by atoms with E-state index >= 15 is 0 Å². The standard InChI is InChI=1S/C43H26N4/c1-3-12-28(13-4-1)41-44-42(29-14-5-2-6-15-29)46-43(45-41)30-21-24-31(25-22-30)47-36-19-9-17-33-34-26-23-27-11-7-8-16-32(27)38(34)35-18-10-20-37(47)40(35)39(33)36/h1-26H. The van der Waals surface area contributed by atoms with Crippen LogP contribution < -0.4 is 0 Å². The molecule has 4 nitrogen and oxygen atoms in total. The number of fused-ring (bicyclic) bond motifs is 5. The molecule has 0 unspecified atom stereocenters. The van der Waals surface area contributed by atoms with E-state index in [9.17, 15) is 0 Å². The molecule has 0 aliphatic carbocycles. The molecule has 10 rings (SSSR count). The Balaban J connectivity index is 1.17. The number of hydrogen-bond acceptors (Lipinski definition) is 3. The maximum atomic E-state index is 4.94. The molecular formula is C43H26N4. The Labute approximate surface area is 270 Å². The number of rotatable bonds is 4. The van der Waals surface area contributed by atoms with Crippen LogP contribution in [0.15, 0.2) is 158 Å². The van der Waals surface area contributed by atoms with E-state index in [1.54, 1.807) is 0 Å². The van der Waals surface area contributed by atoms with Crippen molar-refractivity contribution in [2.45, 2.75) is 0 Å². The molecule has 0 radical (unpaired) electrons. The topological polar surface area (TPSA) is 43.6 Å². The average molecular weight is 599 g/mol. The van der Waals surface area contributed by atoms with Gasteiger partial charge in [0.25, 0.3) is 0 Å². The summed E-state index contributed by atoms with van der Waals surface area (Å²) in [6.45, 7) is 0. The van der Waals surface area contributed by atoms with Gasteiger partial charge in [0, 0.05) is 33.2 Å². The minimum Gasteiger partial charge on any atom is -0.309 e. The first kappa shape index (κ1) is 25.9. The molecule has 0 aliphatic rings. The van der Waals surface area contributed by atoms with E-state index < -0.39 is 0 Å². The molecule has 0 spiro atoms. The van der Waals surface area contributed by atoms with Gasteiger partial charge in [-0.15, -0.1) is 0 Å². The second kappa shape index (κ2) is 10.1. The molecule has 0 amide bonds. The fraction of sp³-hybridized carbons (Fsp3) is 0. The zero-order valence-corrected chi connectivity index (χ0v) is 25.3. The summed E-state index contributed by atoms with van der Waals surface area (Å²) in [5.41, 5.74) is 6.36. The van der Waals surface area contributed by atoms with E-state index in [4.69, 9.17) is 15.0 Å². The van der Waals surface area contributed by atoms with Crippen molar-refractivity contribution in [2.24, 2.45) is 0 Å². The summed E-state index contributed by atoms with van der Waals surface area (Å²) < 4.78 is 2.40. The monoisotopic (exact) mass is 598 g/mol. The van der Waals surface area contributed by atoms with Crippen molar-refractivity contribution in [2.75, 3.05) is 0 Å². The molecule has 0 atom stereocenters. The van der Waals surface area contributed by atoms with Gasteiger partial charge in [-0.3, -0.25) is 0 Å². The van der Waals surface area contributed by atoms with Gasteiger partial charge in [0.05, 0.1) is 11.0 Å². The summed E-state index contributed by atoms with van der Waals surface area (Å²) in [5, 5.41) is 10.4. The average Bonchev–Trinajstić information content (AvgIpc) is 3.50. The zero-order valence-electron chi connectivity index (χ0n) is 25.3. The lowest BCUT2D eigenvalue weighted by Crippen LogP contribution is -2.00. The van der Waals surface area contributed by atoms with Crippen LogP contribution in [0.3, 0.4) is 0 Å². The van der Waals surface area contributed by atoms with Gasteiger partial charge in [-0.1, -0.05) is 121 Å². The molecule has 2 heterocycles. The lowest BCUT2D eigenvalue weighted by molar-refractivity contribution is 1.07. The van der Waals surface area contributed by atoms with Gasteiger partial charge in [-0.2, -0.15) is 0 Å². The van der Waals surface area contributed by atoms with E-state index in [-0.39, 0.29) is 0 Å². The lowest BCUT2D eigenvalue weighted by atomic mass is 9.91. The van der Waals surface area contributed by atoms with Gasteiger partial charge in [0.2, 0.25) is 0 Å². The highest BCUT2D eigenvalue weighted by Crippen LogP contribution is 2.45. The van der Waals surface area contributed by atoms with Gasteiger partial charge in [0.15, 0.2) is 17.5 Å². The van der Waals surface area contributed by atoms with Gasteiger partial charge in [0.1, 0.15) is 0 Å². The summed E-state index contributed by atoms with van der Waals surface area (Å²) in [6, 6.07) is 55.5. The summed E-state index contributed by atoms with van der Waals surface area (Å²) in [6.07, 6.45) is 0. The third-order valence-corrected chi connectivity index (χ3v) is 9.39. The van der Waals surface area contributed by atoms with Crippen LogP contribution in [0.4, 0.5) is 0 Å². The van der Waals surface area contributed by atoms with Gasteiger partial charge >= 0.3 is 0 Å². The molecule has 218 valence electrons. The molecule has 10 aromatic rings. The van der Waals surface area contributed by atoms with Gasteiger partial charge in [-0.05, 0) is 68.7 Å². The van der Waals surface area contributed by atoms with Crippen molar-refractivity contribution in [3.05, 3.63) is 158 Å². The van der Waals surface area contributed by atoms with Crippen LogP contribution in [-0.2, 0) is 0 Å². The second-order valence-electron chi connectivity index (χ2n) is 12.0. The molecular weight excluding hydrogens is 573 g/mol. The van der Waals surface area contributed by atoms with Crippen LogP contribution >= 0.6 is 0 Å². The highest BCUT2D eigenvalue weighted by molar-refractivity contribution is 6.37. The van der Waals surface area contributed by atoms with Crippen molar-refractivity contribution in [1.29, 1.82) is 0 Å². The third-order valence-electron chi connectivity index (χ3n) is 9.39. The Morgan fingerprint density at radius 3 is 1.45 bits per heavy atom. The molecule has 0 saturated carbocycles. The molecule has 2 aromatic heterocycles. The quantitative estimate of drug-likeness (QED) is 0.189. The summed E-state index contributed by atoms with van der Waals surface area (Å²) in [4.78, 5) is 14.7. The molecule has 4 heteroatoms. The predicted molar refractivity (Wildman–Crippen MR) is 194 cm³/mol. The van der Waals surface area contributed by atoms with Crippen LogP contribution in [-0.4, -0.2) is 19.5 Å². The van der Waals surface area contributed by atoms with Gasteiger partial charge in [-0.25, -0.2) is 15.0 Å². The first-order valence-corrected chi connectivity index (χ1v) is 15.9. The maximum absolute atomic E-state index is 4.94. The smallest absolute Gasteiger partial charge is 0.164 e. The molecule has 0 saturated heterocycles. The zero-order chi connectivity index (χ0) is 30.9. The number of nitrogens with zero attached hydrogens (tertiary/aromatic N) is 4. The number of hydrogen-bond donors (Lipinski definition) is 0. The minimum atomic E-state index is 0.649. The molecule has 8 aromatic carbocycles. The van der Waals surface area contributed by atoms with Gasteiger partial charge < -0.3 is 4.57 Å². The van der Waals surface area contributed by atoms with Crippen LogP contribution in [0.25, 0.3) is 94.0 Å². The summed E-state index contributed by atoms with van der Waals surface area (Å²) in [7, 11) is 0. The Hall–Kier alpha value is -6.39. The van der Waals surface area contributed by atoms with Crippen molar-refractivity contribution < 1.29 is 0 Å². The van der Waals surface area contributed by atoms with Crippen LogP contribution in [0.5, 0.6) is 0 Å². The molecule has 0 bridgehead atoms. The SMILES string of the molecule is c1ccc(-c2nc(-c3ccccc3)nc(-c3ccc(-n4c5cccc6c7ccc8ccccc8c7c7cccc4c7c65)cc3)n2)cc1. The lowest BCUT2D eigenvalue weighted by Gasteiger charge is -2.11. The van der Waals surface area contributed by atoms with E-state index in [2.05, 4.69) is 102 Å². The Morgan fingerprint density at radius 2 is 0.809 bits per heavy atom. The van der Waals surface area contributed by atoms with E-state index in [0.717, 1.165) is 22.4 Å². The highest BCUT2D eigenvalue weighted by Gasteiger charge is 2.20. The van der Waals surface area contributed by atoms with Crippen molar-refractivity contribution in [3.63, 3.8) is 0 Å². The third kappa shape index (κ3) is 3.92. The Bertz CT molecular complexity index is 2710. The maximum Gasteiger partial charge on any atom is 0.164 e. The van der Waals surface area contributed by atoms with Crippen LogP contribution in [0.2, 0.25) is 0 Å². The Morgan fingerprint density at radius 1 is 0.319 bits per heavy atom. The molecule has 0 aliphatic heterocycles. The van der Waals surface area contributed by atoms with E-state index in [1.165, 1.54) is 54.1 Å². The van der Waals surface area contributed by atoms with Crippen molar-refractivity contribution in [1.82, 2.24) is 19.5 Å². The first-order chi connectivity index (χ1) is 23.3. The van der Waals surface area contributed by atoms with Crippen molar-refractivity contribution in [3.8, 4) is 39.9 Å². The first-order valence-electron chi connectivity index (χ1n) is 15.9. The summed E-state index contributed by atoms with van der Waals surface area (Å²) in [5.74, 6) is 1.97. The fourth-order valence-corrected chi connectivity index (χ4v) is 7.30. The van der Waals surface area contributed by atoms with Crippen LogP contribution in [0, 0.1) is 0 Å². The van der Waals surface area contributed by atoms with E-state index in [1.807, 2.05) is 60.7 Å². The van der Waals surface area contributed by atoms with Crippen molar-refractivity contribution >= 4 is 54.1 Å². The second-order valence-corrected chi connectivity index (χ2v) is 12.0. The van der Waals surface area contributed by atoms with E-state index in [0.29, 0.717) is 17.5 Å². The molecule has 0 N–H and O–H groups in total. The normalized spacial score (nSPS) is 11.8. The number of aromatic nitrogens is 4. The largest absolute Gasteiger partial charge is 0.309 e. The number of benzene rings is 8. The predicted octanol–water partition coefficient (Wildman–Crippen LogP) is 10.9. The fourth-order valence-electron chi connectivity index (χ4n) is 7.30. The molecule has 47 heavy (non-hydrogen) atoms.